The fraction of sp³-hybridized carbons (Fsp3) is 0.500. The predicted octanol–water partition coefficient (Wildman–Crippen LogP) is 3.09. The minimum Gasteiger partial charge on any atom is -0.349 e. The van der Waals surface area contributed by atoms with Crippen LogP contribution in [0.2, 0.25) is 0 Å². The van der Waals surface area contributed by atoms with Gasteiger partial charge in [-0.1, -0.05) is 31.9 Å². The van der Waals surface area contributed by atoms with E-state index in [1.807, 2.05) is 20.8 Å². The molecule has 112 valence electrons. The lowest BCUT2D eigenvalue weighted by atomic mass is 10.0. The Morgan fingerprint density at radius 1 is 1.35 bits per heavy atom. The first-order valence-corrected chi connectivity index (χ1v) is 8.84. The van der Waals surface area contributed by atoms with Gasteiger partial charge in [-0.25, -0.2) is 8.42 Å². The quantitative estimate of drug-likeness (QED) is 0.849. The number of amides is 1. The van der Waals surface area contributed by atoms with Crippen molar-refractivity contribution in [2.45, 2.75) is 45.1 Å². The maximum absolute atomic E-state index is 12.3. The lowest BCUT2D eigenvalue weighted by Crippen LogP contribution is -2.37. The Morgan fingerprint density at radius 3 is 2.45 bits per heavy atom. The van der Waals surface area contributed by atoms with E-state index in [4.69, 9.17) is 10.7 Å². The van der Waals surface area contributed by atoms with E-state index < -0.39 is 15.0 Å². The molecule has 6 heteroatoms. The molecule has 20 heavy (non-hydrogen) atoms. The van der Waals surface area contributed by atoms with Gasteiger partial charge in [-0.15, -0.1) is 0 Å². The van der Waals surface area contributed by atoms with E-state index in [9.17, 15) is 13.2 Å². The van der Waals surface area contributed by atoms with Gasteiger partial charge in [0.2, 0.25) is 0 Å². The zero-order valence-electron chi connectivity index (χ0n) is 12.1. The van der Waals surface area contributed by atoms with Crippen LogP contribution in [0.4, 0.5) is 0 Å². The third kappa shape index (κ3) is 4.21. The molecular formula is C14H20ClNO3S. The Balaban J connectivity index is 3.13. The van der Waals surface area contributed by atoms with Crippen molar-refractivity contribution in [2.75, 3.05) is 0 Å². The van der Waals surface area contributed by atoms with Gasteiger partial charge in [-0.2, -0.15) is 0 Å². The molecular weight excluding hydrogens is 298 g/mol. The number of benzene rings is 1. The Bertz CT molecular complexity index is 598. The summed E-state index contributed by atoms with van der Waals surface area (Å²) in [6, 6.07) is 4.47. The number of nitrogens with one attached hydrogen (secondary N) is 1. The second kappa shape index (κ2) is 6.59. The zero-order chi connectivity index (χ0) is 15.5. The minimum atomic E-state index is -3.95. The van der Waals surface area contributed by atoms with Crippen LogP contribution in [0.3, 0.4) is 0 Å². The average Bonchev–Trinajstić information content (AvgIpc) is 2.35. The number of rotatable bonds is 5. The van der Waals surface area contributed by atoms with Crippen molar-refractivity contribution in [3.05, 3.63) is 29.3 Å². The van der Waals surface area contributed by atoms with Crippen molar-refractivity contribution in [1.29, 1.82) is 0 Å². The van der Waals surface area contributed by atoms with Gasteiger partial charge in [0.25, 0.3) is 15.0 Å². The monoisotopic (exact) mass is 317 g/mol. The number of carbonyl (C=O) groups is 1. The highest BCUT2D eigenvalue weighted by Crippen LogP contribution is 2.21. The Morgan fingerprint density at radius 2 is 1.95 bits per heavy atom. The molecule has 0 bridgehead atoms. The largest absolute Gasteiger partial charge is 0.349 e. The first kappa shape index (κ1) is 17.0. The molecule has 1 rings (SSSR count). The van der Waals surface area contributed by atoms with Crippen LogP contribution in [0.25, 0.3) is 0 Å². The molecule has 2 atom stereocenters. The van der Waals surface area contributed by atoms with Crippen molar-refractivity contribution in [1.82, 2.24) is 5.32 Å². The van der Waals surface area contributed by atoms with E-state index in [2.05, 4.69) is 5.32 Å². The van der Waals surface area contributed by atoms with E-state index in [0.717, 1.165) is 12.0 Å². The van der Waals surface area contributed by atoms with Crippen molar-refractivity contribution < 1.29 is 13.2 Å². The Labute approximate surface area is 124 Å². The molecule has 0 heterocycles. The van der Waals surface area contributed by atoms with E-state index in [-0.39, 0.29) is 16.5 Å². The molecule has 1 aromatic carbocycles. The van der Waals surface area contributed by atoms with Crippen LogP contribution in [0.1, 0.15) is 43.1 Å². The van der Waals surface area contributed by atoms with Crippen molar-refractivity contribution in [2.24, 2.45) is 5.92 Å². The minimum absolute atomic E-state index is 0.0427. The highest BCUT2D eigenvalue weighted by atomic mass is 35.7. The van der Waals surface area contributed by atoms with Gasteiger partial charge in [0.1, 0.15) is 0 Å². The molecule has 0 radical (unpaired) electrons. The van der Waals surface area contributed by atoms with Crippen molar-refractivity contribution in [3.63, 3.8) is 0 Å². The summed E-state index contributed by atoms with van der Waals surface area (Å²) in [7, 11) is 1.43. The van der Waals surface area contributed by atoms with Crippen LogP contribution in [-0.2, 0) is 9.05 Å². The smallest absolute Gasteiger partial charge is 0.262 e. The van der Waals surface area contributed by atoms with Gasteiger partial charge in [0.15, 0.2) is 0 Å². The summed E-state index contributed by atoms with van der Waals surface area (Å²) in [5.41, 5.74) is 0.894. The van der Waals surface area contributed by atoms with Crippen LogP contribution in [0.15, 0.2) is 23.1 Å². The van der Waals surface area contributed by atoms with Gasteiger partial charge in [0.05, 0.1) is 10.5 Å². The zero-order valence-corrected chi connectivity index (χ0v) is 13.7. The van der Waals surface area contributed by atoms with Crippen LogP contribution < -0.4 is 5.32 Å². The van der Waals surface area contributed by atoms with Crippen LogP contribution in [0, 0.1) is 12.8 Å². The maximum Gasteiger partial charge on any atom is 0.262 e. The predicted molar refractivity (Wildman–Crippen MR) is 80.6 cm³/mol. The van der Waals surface area contributed by atoms with Gasteiger partial charge in [0, 0.05) is 16.7 Å². The van der Waals surface area contributed by atoms with Gasteiger partial charge in [-0.3, -0.25) is 4.79 Å². The molecule has 0 saturated heterocycles. The summed E-state index contributed by atoms with van der Waals surface area (Å²) in [6.45, 7) is 7.76. The second-order valence-electron chi connectivity index (χ2n) is 5.09. The number of carbonyl (C=O) groups excluding carboxylic acids is 1. The molecule has 0 aromatic heterocycles. The fourth-order valence-corrected chi connectivity index (χ4v) is 2.86. The van der Waals surface area contributed by atoms with Crippen molar-refractivity contribution >= 4 is 25.6 Å². The summed E-state index contributed by atoms with van der Waals surface area (Å²) < 4.78 is 23.1. The summed E-state index contributed by atoms with van der Waals surface area (Å²) in [5.74, 6) is -0.111. The summed E-state index contributed by atoms with van der Waals surface area (Å²) in [6.07, 6.45) is 0.927. The molecule has 0 spiro atoms. The molecule has 0 aliphatic heterocycles. The molecule has 4 nitrogen and oxygen atoms in total. The molecule has 1 amide bonds. The third-order valence-electron chi connectivity index (χ3n) is 3.50. The van der Waals surface area contributed by atoms with Crippen LogP contribution >= 0.6 is 10.7 Å². The number of aryl methyl sites for hydroxylation is 1. The first-order chi connectivity index (χ1) is 9.16. The Kier molecular flexibility index (Phi) is 5.59. The van der Waals surface area contributed by atoms with Crippen LogP contribution in [-0.4, -0.2) is 20.4 Å². The van der Waals surface area contributed by atoms with E-state index in [1.54, 1.807) is 13.0 Å². The number of halogens is 1. The lowest BCUT2D eigenvalue weighted by molar-refractivity contribution is 0.0924. The normalized spacial score (nSPS) is 14.7. The van der Waals surface area contributed by atoms with Crippen LogP contribution in [0.5, 0.6) is 0 Å². The maximum atomic E-state index is 12.3. The fourth-order valence-electron chi connectivity index (χ4n) is 1.81. The summed E-state index contributed by atoms with van der Waals surface area (Å²) >= 11 is 0. The molecule has 1 aromatic rings. The van der Waals surface area contributed by atoms with Gasteiger partial charge in [-0.05, 0) is 31.9 Å². The molecule has 0 saturated carbocycles. The summed E-state index contributed by atoms with van der Waals surface area (Å²) in [5, 5.41) is 2.82. The third-order valence-corrected chi connectivity index (χ3v) is 4.88. The topological polar surface area (TPSA) is 63.2 Å². The summed E-state index contributed by atoms with van der Waals surface area (Å²) in [4.78, 5) is 12.1. The SMILES string of the molecule is CCC(C)C(C)NC(=O)c1cc(C)ccc1S(=O)(=O)Cl. The van der Waals surface area contributed by atoms with E-state index in [0.29, 0.717) is 5.92 Å². The Hall–Kier alpha value is -1.07. The average molecular weight is 318 g/mol. The van der Waals surface area contributed by atoms with Gasteiger partial charge < -0.3 is 5.32 Å². The highest BCUT2D eigenvalue weighted by molar-refractivity contribution is 8.13. The van der Waals surface area contributed by atoms with E-state index in [1.165, 1.54) is 12.1 Å². The molecule has 0 aliphatic rings. The first-order valence-electron chi connectivity index (χ1n) is 6.53. The molecule has 1 N–H and O–H groups in total. The van der Waals surface area contributed by atoms with Crippen molar-refractivity contribution in [3.8, 4) is 0 Å². The van der Waals surface area contributed by atoms with E-state index >= 15 is 0 Å². The molecule has 0 aliphatic carbocycles. The second-order valence-corrected chi connectivity index (χ2v) is 7.62. The standard InChI is InChI=1S/C14H20ClNO3S/c1-5-10(3)11(4)16-14(17)12-8-9(2)6-7-13(12)20(15,18)19/h6-8,10-11H,5H2,1-4H3,(H,16,17). The number of hydrogen-bond acceptors (Lipinski definition) is 3. The van der Waals surface area contributed by atoms with Gasteiger partial charge >= 0.3 is 0 Å². The highest BCUT2D eigenvalue weighted by Gasteiger charge is 2.22. The lowest BCUT2D eigenvalue weighted by Gasteiger charge is -2.20. The molecule has 0 fully saturated rings. The number of hydrogen-bond donors (Lipinski definition) is 1. The molecule has 2 unspecified atom stereocenters.